The normalized spacial score (nSPS) is 12.3. The van der Waals surface area contributed by atoms with Crippen molar-refractivity contribution >= 4 is 17.3 Å². The van der Waals surface area contributed by atoms with E-state index in [0.29, 0.717) is 0 Å². The van der Waals surface area contributed by atoms with Gasteiger partial charge in [0.15, 0.2) is 0 Å². The summed E-state index contributed by atoms with van der Waals surface area (Å²) >= 11 is 1.51. The number of benzene rings is 1. The largest absolute Gasteiger partial charge is 0.480 e. The van der Waals surface area contributed by atoms with Gasteiger partial charge in [-0.25, -0.2) is 4.98 Å². The molecule has 0 amide bonds. The third-order valence-corrected chi connectivity index (χ3v) is 3.50. The van der Waals surface area contributed by atoms with E-state index in [0.717, 1.165) is 16.3 Å². The maximum absolute atomic E-state index is 10.7. The first-order chi connectivity index (χ1) is 8.56. The van der Waals surface area contributed by atoms with Gasteiger partial charge in [0, 0.05) is 17.4 Å². The Hall–Kier alpha value is -1.72. The van der Waals surface area contributed by atoms with Crippen LogP contribution < -0.4 is 5.73 Å². The van der Waals surface area contributed by atoms with Gasteiger partial charge in [0.1, 0.15) is 11.0 Å². The number of thiazole rings is 1. The van der Waals surface area contributed by atoms with Crippen molar-refractivity contribution in [2.75, 3.05) is 0 Å². The van der Waals surface area contributed by atoms with Crippen molar-refractivity contribution in [3.63, 3.8) is 0 Å². The van der Waals surface area contributed by atoms with Crippen molar-refractivity contribution in [2.24, 2.45) is 5.73 Å². The Bertz CT molecular complexity index is 566. The lowest BCUT2D eigenvalue weighted by Crippen LogP contribution is -2.32. The molecule has 1 atom stereocenters. The van der Waals surface area contributed by atoms with Gasteiger partial charge in [-0.3, -0.25) is 4.79 Å². The smallest absolute Gasteiger partial charge is 0.320 e. The topological polar surface area (TPSA) is 76.2 Å². The van der Waals surface area contributed by atoms with Crippen molar-refractivity contribution in [2.45, 2.75) is 19.4 Å². The standard InChI is InChI=1S/C13H14N2O2S/c1-8-3-2-4-9(5-8)12-15-10(7-18-12)6-11(14)13(16)17/h2-5,7,11H,6,14H2,1H3,(H,16,17). The Balaban J connectivity index is 2.18. The van der Waals surface area contributed by atoms with Crippen LogP contribution in [0.4, 0.5) is 0 Å². The molecular weight excluding hydrogens is 248 g/mol. The summed E-state index contributed by atoms with van der Waals surface area (Å²) in [5.41, 5.74) is 8.44. The molecule has 1 aromatic heterocycles. The molecule has 18 heavy (non-hydrogen) atoms. The summed E-state index contributed by atoms with van der Waals surface area (Å²) in [6.45, 7) is 2.03. The van der Waals surface area contributed by atoms with Gasteiger partial charge in [-0.05, 0) is 13.0 Å². The quantitative estimate of drug-likeness (QED) is 0.884. The Kier molecular flexibility index (Phi) is 3.74. The first kappa shape index (κ1) is 12.7. The first-order valence-corrected chi connectivity index (χ1v) is 6.44. The van der Waals surface area contributed by atoms with Crippen LogP contribution in [0.2, 0.25) is 0 Å². The monoisotopic (exact) mass is 262 g/mol. The van der Waals surface area contributed by atoms with Gasteiger partial charge in [0.2, 0.25) is 0 Å². The van der Waals surface area contributed by atoms with Gasteiger partial charge in [0.05, 0.1) is 5.69 Å². The summed E-state index contributed by atoms with van der Waals surface area (Å²) < 4.78 is 0. The molecule has 1 aromatic carbocycles. The molecule has 2 rings (SSSR count). The highest BCUT2D eigenvalue weighted by atomic mass is 32.1. The van der Waals surface area contributed by atoms with Crippen LogP contribution >= 0.6 is 11.3 Å². The molecule has 4 nitrogen and oxygen atoms in total. The van der Waals surface area contributed by atoms with Gasteiger partial charge >= 0.3 is 5.97 Å². The van der Waals surface area contributed by atoms with Crippen LogP contribution in [-0.2, 0) is 11.2 Å². The lowest BCUT2D eigenvalue weighted by Gasteiger charge is -2.02. The molecule has 0 bridgehead atoms. The Morgan fingerprint density at radius 3 is 3.00 bits per heavy atom. The summed E-state index contributed by atoms with van der Waals surface area (Å²) in [4.78, 5) is 15.1. The number of aryl methyl sites for hydroxylation is 1. The van der Waals surface area contributed by atoms with E-state index in [4.69, 9.17) is 10.8 Å². The molecule has 0 saturated carbocycles. The fourth-order valence-electron chi connectivity index (χ4n) is 1.62. The molecule has 0 radical (unpaired) electrons. The number of carboxylic acids is 1. The van der Waals surface area contributed by atoms with Crippen LogP contribution in [0, 0.1) is 6.92 Å². The highest BCUT2D eigenvalue weighted by Crippen LogP contribution is 2.24. The molecule has 0 aliphatic rings. The van der Waals surface area contributed by atoms with E-state index in [9.17, 15) is 4.79 Å². The zero-order valence-corrected chi connectivity index (χ0v) is 10.8. The number of carboxylic acid groups (broad SMARTS) is 1. The average molecular weight is 262 g/mol. The van der Waals surface area contributed by atoms with Crippen LogP contribution in [0.15, 0.2) is 29.6 Å². The predicted octanol–water partition coefficient (Wildman–Crippen LogP) is 2.07. The lowest BCUT2D eigenvalue weighted by atomic mass is 10.1. The maximum atomic E-state index is 10.7. The van der Waals surface area contributed by atoms with E-state index >= 15 is 0 Å². The van der Waals surface area contributed by atoms with Crippen LogP contribution in [0.25, 0.3) is 10.6 Å². The van der Waals surface area contributed by atoms with E-state index in [1.165, 1.54) is 16.9 Å². The molecule has 0 aliphatic carbocycles. The maximum Gasteiger partial charge on any atom is 0.320 e. The molecule has 5 heteroatoms. The van der Waals surface area contributed by atoms with Crippen molar-refractivity contribution in [3.8, 4) is 10.6 Å². The molecule has 0 aliphatic heterocycles. The molecule has 2 aromatic rings. The number of aliphatic carboxylic acids is 1. The molecular formula is C13H14N2O2S. The predicted molar refractivity (Wildman–Crippen MR) is 71.6 cm³/mol. The Labute approximate surface area is 109 Å². The number of aromatic nitrogens is 1. The Morgan fingerprint density at radius 1 is 1.56 bits per heavy atom. The molecule has 1 heterocycles. The number of nitrogens with zero attached hydrogens (tertiary/aromatic N) is 1. The SMILES string of the molecule is Cc1cccc(-c2nc(CC(N)C(=O)O)cs2)c1. The molecule has 0 fully saturated rings. The molecule has 94 valence electrons. The van der Waals surface area contributed by atoms with Crippen LogP contribution in [-0.4, -0.2) is 22.1 Å². The van der Waals surface area contributed by atoms with E-state index in [2.05, 4.69) is 11.1 Å². The second-order valence-electron chi connectivity index (χ2n) is 4.16. The van der Waals surface area contributed by atoms with E-state index in [-0.39, 0.29) is 6.42 Å². The average Bonchev–Trinajstić information content (AvgIpc) is 2.77. The molecule has 3 N–H and O–H groups in total. The Morgan fingerprint density at radius 2 is 2.33 bits per heavy atom. The second kappa shape index (κ2) is 5.29. The molecule has 0 saturated heterocycles. The van der Waals surface area contributed by atoms with Gasteiger partial charge in [0.25, 0.3) is 0 Å². The summed E-state index contributed by atoms with van der Waals surface area (Å²) in [6.07, 6.45) is 0.262. The van der Waals surface area contributed by atoms with Crippen LogP contribution in [0.3, 0.4) is 0 Å². The van der Waals surface area contributed by atoms with E-state index < -0.39 is 12.0 Å². The highest BCUT2D eigenvalue weighted by Gasteiger charge is 2.14. The van der Waals surface area contributed by atoms with Gasteiger partial charge < -0.3 is 10.8 Å². The number of carbonyl (C=O) groups is 1. The van der Waals surface area contributed by atoms with Crippen molar-refractivity contribution in [1.82, 2.24) is 4.98 Å². The zero-order valence-electron chi connectivity index (χ0n) is 9.96. The van der Waals surface area contributed by atoms with Crippen LogP contribution in [0.1, 0.15) is 11.3 Å². The molecule has 1 unspecified atom stereocenters. The lowest BCUT2D eigenvalue weighted by molar-refractivity contribution is -0.138. The van der Waals surface area contributed by atoms with Gasteiger partial charge in [-0.15, -0.1) is 11.3 Å². The minimum atomic E-state index is -1.000. The number of hydrogen-bond donors (Lipinski definition) is 2. The van der Waals surface area contributed by atoms with Crippen molar-refractivity contribution in [3.05, 3.63) is 40.9 Å². The van der Waals surface area contributed by atoms with E-state index in [1.807, 2.05) is 30.5 Å². The zero-order chi connectivity index (χ0) is 13.1. The minimum Gasteiger partial charge on any atom is -0.480 e. The number of rotatable bonds is 4. The number of nitrogens with two attached hydrogens (primary N) is 1. The van der Waals surface area contributed by atoms with E-state index in [1.54, 1.807) is 0 Å². The fourth-order valence-corrected chi connectivity index (χ4v) is 2.45. The van der Waals surface area contributed by atoms with Gasteiger partial charge in [-0.1, -0.05) is 23.8 Å². The first-order valence-electron chi connectivity index (χ1n) is 5.56. The summed E-state index contributed by atoms with van der Waals surface area (Å²) in [5, 5.41) is 11.5. The fraction of sp³-hybridized carbons (Fsp3) is 0.231. The summed E-state index contributed by atoms with van der Waals surface area (Å²) in [5.74, 6) is -1.000. The summed E-state index contributed by atoms with van der Waals surface area (Å²) in [6, 6.07) is 7.16. The van der Waals surface area contributed by atoms with Crippen molar-refractivity contribution < 1.29 is 9.90 Å². The third-order valence-electron chi connectivity index (χ3n) is 2.56. The third kappa shape index (κ3) is 2.94. The summed E-state index contributed by atoms with van der Waals surface area (Å²) in [7, 11) is 0. The number of hydrogen-bond acceptors (Lipinski definition) is 4. The van der Waals surface area contributed by atoms with Gasteiger partial charge in [-0.2, -0.15) is 0 Å². The van der Waals surface area contributed by atoms with Crippen molar-refractivity contribution in [1.29, 1.82) is 0 Å². The van der Waals surface area contributed by atoms with Crippen LogP contribution in [0.5, 0.6) is 0 Å². The highest BCUT2D eigenvalue weighted by molar-refractivity contribution is 7.13. The molecule has 0 spiro atoms. The second-order valence-corrected chi connectivity index (χ2v) is 5.02. The minimum absolute atomic E-state index is 0.262.